The van der Waals surface area contributed by atoms with Crippen LogP contribution in [0.2, 0.25) is 0 Å². The predicted octanol–water partition coefficient (Wildman–Crippen LogP) is 18.0. The highest BCUT2D eigenvalue weighted by Gasteiger charge is 2.19. The Bertz CT molecular complexity index is 1170. The van der Waals surface area contributed by atoms with Gasteiger partial charge in [-0.3, -0.25) is 14.4 Å². The van der Waals surface area contributed by atoms with Crippen LogP contribution < -0.4 is 0 Å². The molecule has 370 valence electrons. The van der Waals surface area contributed by atoms with E-state index in [1.165, 1.54) is 135 Å². The topological polar surface area (TPSA) is 78.9 Å². The fourth-order valence-corrected chi connectivity index (χ4v) is 7.65. The fraction of sp³-hybridized carbons (Fsp3) is 0.776. The second-order valence-electron chi connectivity index (χ2n) is 18.1. The zero-order chi connectivity index (χ0) is 46.5. The fourth-order valence-electron chi connectivity index (χ4n) is 7.65. The number of allylic oxidation sites excluding steroid dienone is 10. The Morgan fingerprint density at radius 1 is 0.328 bits per heavy atom. The van der Waals surface area contributed by atoms with Crippen LogP contribution in [0.4, 0.5) is 0 Å². The number of carbonyl (C=O) groups excluding carboxylic acids is 3. The summed E-state index contributed by atoms with van der Waals surface area (Å²) in [7, 11) is 0. The number of ether oxygens (including phenoxy) is 3. The number of esters is 3. The molecule has 0 saturated carbocycles. The third-order valence-corrected chi connectivity index (χ3v) is 11.8. The second kappa shape index (κ2) is 52.7. The van der Waals surface area contributed by atoms with Crippen molar-refractivity contribution in [2.24, 2.45) is 0 Å². The van der Waals surface area contributed by atoms with Gasteiger partial charge in [0.2, 0.25) is 0 Å². The lowest BCUT2D eigenvalue weighted by Crippen LogP contribution is -2.30. The molecule has 1 atom stereocenters. The zero-order valence-electron chi connectivity index (χ0n) is 42.3. The maximum Gasteiger partial charge on any atom is 0.306 e. The van der Waals surface area contributed by atoms with E-state index in [1.54, 1.807) is 0 Å². The molecule has 0 rings (SSSR count). The lowest BCUT2D eigenvalue weighted by atomic mass is 10.0. The van der Waals surface area contributed by atoms with Crippen LogP contribution in [-0.2, 0) is 28.6 Å². The van der Waals surface area contributed by atoms with Crippen molar-refractivity contribution in [1.29, 1.82) is 0 Å². The molecule has 0 aliphatic heterocycles. The molecule has 1 unspecified atom stereocenters. The van der Waals surface area contributed by atoms with Crippen molar-refractivity contribution < 1.29 is 28.6 Å². The smallest absolute Gasteiger partial charge is 0.306 e. The predicted molar refractivity (Wildman–Crippen MR) is 275 cm³/mol. The Morgan fingerprint density at radius 3 is 1.02 bits per heavy atom. The maximum absolute atomic E-state index is 12.8. The van der Waals surface area contributed by atoms with Gasteiger partial charge in [0.15, 0.2) is 6.10 Å². The lowest BCUT2D eigenvalue weighted by Gasteiger charge is -2.18. The van der Waals surface area contributed by atoms with Gasteiger partial charge in [-0.1, -0.05) is 236 Å². The highest BCUT2D eigenvalue weighted by Crippen LogP contribution is 2.16. The number of hydrogen-bond acceptors (Lipinski definition) is 6. The summed E-state index contributed by atoms with van der Waals surface area (Å²) in [6.07, 6.45) is 65.1. The number of hydrogen-bond donors (Lipinski definition) is 0. The van der Waals surface area contributed by atoms with Gasteiger partial charge in [-0.2, -0.15) is 0 Å². The molecule has 6 nitrogen and oxygen atoms in total. The lowest BCUT2D eigenvalue weighted by molar-refractivity contribution is -0.167. The first-order valence-corrected chi connectivity index (χ1v) is 27.3. The Kier molecular flexibility index (Phi) is 50.4. The Balaban J connectivity index is 4.18. The maximum atomic E-state index is 12.8. The molecule has 0 aliphatic carbocycles. The summed E-state index contributed by atoms with van der Waals surface area (Å²) >= 11 is 0. The summed E-state index contributed by atoms with van der Waals surface area (Å²) in [6, 6.07) is 0. The molecular weight excluding hydrogens is 793 g/mol. The van der Waals surface area contributed by atoms with Gasteiger partial charge < -0.3 is 14.2 Å². The van der Waals surface area contributed by atoms with E-state index in [2.05, 4.69) is 81.5 Å². The van der Waals surface area contributed by atoms with Gasteiger partial charge in [0, 0.05) is 19.3 Å². The summed E-state index contributed by atoms with van der Waals surface area (Å²) in [5.74, 6) is -0.883. The molecule has 0 saturated heterocycles. The van der Waals surface area contributed by atoms with Crippen molar-refractivity contribution in [1.82, 2.24) is 0 Å². The molecule has 6 heteroatoms. The van der Waals surface area contributed by atoms with E-state index in [1.807, 2.05) is 0 Å². The van der Waals surface area contributed by atoms with Crippen molar-refractivity contribution in [3.63, 3.8) is 0 Å². The van der Waals surface area contributed by atoms with Crippen LogP contribution >= 0.6 is 0 Å². The second-order valence-corrected chi connectivity index (χ2v) is 18.1. The van der Waals surface area contributed by atoms with E-state index >= 15 is 0 Å². The van der Waals surface area contributed by atoms with E-state index in [0.717, 1.165) is 96.3 Å². The molecule has 0 N–H and O–H groups in total. The molecule has 0 heterocycles. The van der Waals surface area contributed by atoms with E-state index in [-0.39, 0.29) is 31.1 Å². The number of carbonyl (C=O) groups is 3. The molecule has 0 spiro atoms. The number of rotatable bonds is 49. The minimum absolute atomic E-state index is 0.0753. The van der Waals surface area contributed by atoms with Crippen LogP contribution in [-0.4, -0.2) is 37.2 Å². The first-order chi connectivity index (χ1) is 31.5. The monoisotopic (exact) mass is 895 g/mol. The van der Waals surface area contributed by atoms with Crippen molar-refractivity contribution in [3.8, 4) is 0 Å². The van der Waals surface area contributed by atoms with Crippen LogP contribution in [0.1, 0.15) is 271 Å². The Morgan fingerprint density at radius 2 is 0.625 bits per heavy atom. The molecule has 0 aromatic rings. The van der Waals surface area contributed by atoms with Gasteiger partial charge in [0.1, 0.15) is 13.2 Å². The quantitative estimate of drug-likeness (QED) is 0.0262. The summed E-state index contributed by atoms with van der Waals surface area (Å²) in [5.41, 5.74) is 0. The summed E-state index contributed by atoms with van der Waals surface area (Å²) < 4.78 is 16.8. The molecule has 64 heavy (non-hydrogen) atoms. The molecule has 0 aromatic carbocycles. The first kappa shape index (κ1) is 61.1. The van der Waals surface area contributed by atoms with Crippen LogP contribution in [0.25, 0.3) is 0 Å². The van der Waals surface area contributed by atoms with Gasteiger partial charge >= 0.3 is 17.9 Å². The molecular formula is C58H102O6. The SMILES string of the molecule is CC/C=C\C/C=C\C/C=C\C/C=C\CCCCCCCCCCCCCCC(=O)OCC(COC(=O)CCCCCCCCCCCC)OC(=O)CCCCCCC/C=C\CCCC. The van der Waals surface area contributed by atoms with E-state index < -0.39 is 6.10 Å². The van der Waals surface area contributed by atoms with Crippen LogP contribution in [0, 0.1) is 0 Å². The summed E-state index contributed by atoms with van der Waals surface area (Å²) in [4.78, 5) is 37.9. The van der Waals surface area contributed by atoms with Gasteiger partial charge in [0.25, 0.3) is 0 Å². The van der Waals surface area contributed by atoms with Crippen molar-refractivity contribution in [2.75, 3.05) is 13.2 Å². The first-order valence-electron chi connectivity index (χ1n) is 27.3. The Labute approximate surface area is 396 Å². The third kappa shape index (κ3) is 50.1. The van der Waals surface area contributed by atoms with Gasteiger partial charge in [-0.05, 0) is 77.0 Å². The average molecular weight is 895 g/mol. The van der Waals surface area contributed by atoms with Crippen LogP contribution in [0.15, 0.2) is 60.8 Å². The van der Waals surface area contributed by atoms with E-state index in [4.69, 9.17) is 14.2 Å². The van der Waals surface area contributed by atoms with Crippen molar-refractivity contribution in [3.05, 3.63) is 60.8 Å². The average Bonchev–Trinajstić information content (AvgIpc) is 3.29. The van der Waals surface area contributed by atoms with Crippen molar-refractivity contribution in [2.45, 2.75) is 277 Å². The van der Waals surface area contributed by atoms with Gasteiger partial charge in [-0.25, -0.2) is 0 Å². The van der Waals surface area contributed by atoms with E-state index in [0.29, 0.717) is 19.3 Å². The minimum Gasteiger partial charge on any atom is -0.462 e. The van der Waals surface area contributed by atoms with Gasteiger partial charge in [-0.15, -0.1) is 0 Å². The molecule has 0 bridgehead atoms. The van der Waals surface area contributed by atoms with Crippen LogP contribution in [0.3, 0.4) is 0 Å². The molecule has 0 aromatic heterocycles. The summed E-state index contributed by atoms with van der Waals surface area (Å²) in [6.45, 7) is 6.48. The third-order valence-electron chi connectivity index (χ3n) is 11.8. The zero-order valence-corrected chi connectivity index (χ0v) is 42.3. The highest BCUT2D eigenvalue weighted by molar-refractivity contribution is 5.71. The van der Waals surface area contributed by atoms with Crippen LogP contribution in [0.5, 0.6) is 0 Å². The normalized spacial score (nSPS) is 12.5. The van der Waals surface area contributed by atoms with E-state index in [9.17, 15) is 14.4 Å². The Hall–Kier alpha value is -2.89. The standard InChI is InChI=1S/C58H102O6/c1-4-7-10-13-16-19-22-23-24-25-26-27-28-29-30-31-32-33-34-35-37-39-42-45-48-51-57(60)63-54-55(53-62-56(59)50-47-44-41-38-21-18-15-12-9-6-3)64-58(61)52-49-46-43-40-36-20-17-14-11-8-5-2/h7,10,14,16-17,19,23-24,26-27,55H,4-6,8-9,11-13,15,18,20-22,25,28-54H2,1-3H3/b10-7-,17-14-,19-16-,24-23-,27-26-. The molecule has 0 radical (unpaired) electrons. The summed E-state index contributed by atoms with van der Waals surface area (Å²) in [5, 5.41) is 0. The largest absolute Gasteiger partial charge is 0.462 e. The molecule has 0 amide bonds. The minimum atomic E-state index is -0.774. The van der Waals surface area contributed by atoms with Gasteiger partial charge in [0.05, 0.1) is 0 Å². The number of unbranched alkanes of at least 4 members (excludes halogenated alkanes) is 28. The molecule has 0 aliphatic rings. The van der Waals surface area contributed by atoms with Crippen molar-refractivity contribution >= 4 is 17.9 Å². The highest BCUT2D eigenvalue weighted by atomic mass is 16.6. The molecule has 0 fully saturated rings.